The lowest BCUT2D eigenvalue weighted by molar-refractivity contribution is 0.484. The van der Waals surface area contributed by atoms with Crippen molar-refractivity contribution < 1.29 is 0 Å². The topological polar surface area (TPSA) is 62.5 Å². The molecule has 1 saturated heterocycles. The van der Waals surface area contributed by atoms with Gasteiger partial charge in [-0.2, -0.15) is 0 Å². The number of nitrogens with one attached hydrogen (secondary N) is 1. The predicted molar refractivity (Wildman–Crippen MR) is 114 cm³/mol. The highest BCUT2D eigenvalue weighted by Gasteiger charge is 2.17. The van der Waals surface area contributed by atoms with Gasteiger partial charge in [-0.3, -0.25) is 9.20 Å². The number of aromatic nitrogens is 3. The second-order valence-corrected chi connectivity index (χ2v) is 8.55. The third kappa shape index (κ3) is 3.06. The summed E-state index contributed by atoms with van der Waals surface area (Å²) in [7, 11) is 0. The van der Waals surface area contributed by atoms with Crippen LogP contribution >= 0.6 is 11.3 Å². The third-order valence-corrected chi connectivity index (χ3v) is 6.10. The van der Waals surface area contributed by atoms with Gasteiger partial charge in [0.25, 0.3) is 5.56 Å². The van der Waals surface area contributed by atoms with E-state index in [9.17, 15) is 4.79 Å². The highest BCUT2D eigenvalue weighted by Crippen LogP contribution is 2.27. The van der Waals surface area contributed by atoms with Gasteiger partial charge in [0.05, 0.1) is 26.6 Å². The van der Waals surface area contributed by atoms with E-state index >= 15 is 0 Å². The van der Waals surface area contributed by atoms with Crippen molar-refractivity contribution in [3.63, 3.8) is 0 Å². The number of pyridine rings is 1. The fourth-order valence-corrected chi connectivity index (χ4v) is 4.66. The van der Waals surface area contributed by atoms with Crippen LogP contribution in [0.1, 0.15) is 11.9 Å². The van der Waals surface area contributed by atoms with Crippen LogP contribution in [0.25, 0.3) is 27.1 Å². The molecule has 28 heavy (non-hydrogen) atoms. The molecular weight excluding hydrogens is 370 g/mol. The van der Waals surface area contributed by atoms with E-state index in [0.717, 1.165) is 46.1 Å². The molecule has 0 spiro atoms. The molecule has 0 saturated carbocycles. The van der Waals surface area contributed by atoms with Crippen molar-refractivity contribution in [2.24, 2.45) is 0 Å². The molecule has 0 aliphatic carbocycles. The van der Waals surface area contributed by atoms with E-state index < -0.39 is 0 Å². The highest BCUT2D eigenvalue weighted by atomic mass is 32.1. The maximum absolute atomic E-state index is 12.8. The van der Waals surface area contributed by atoms with Crippen molar-refractivity contribution >= 4 is 32.9 Å². The predicted octanol–water partition coefficient (Wildman–Crippen LogP) is 3.08. The average Bonchev–Trinajstić information content (AvgIpc) is 3.07. The zero-order valence-electron chi connectivity index (χ0n) is 15.8. The van der Waals surface area contributed by atoms with Gasteiger partial charge in [0, 0.05) is 43.5 Å². The van der Waals surface area contributed by atoms with Gasteiger partial charge in [-0.1, -0.05) is 6.07 Å². The molecule has 3 aromatic heterocycles. The van der Waals surface area contributed by atoms with E-state index in [2.05, 4.69) is 34.3 Å². The molecule has 1 aromatic carbocycles. The monoisotopic (exact) mass is 391 g/mol. The van der Waals surface area contributed by atoms with Crippen LogP contribution in [-0.2, 0) is 0 Å². The number of thiazole rings is 1. The van der Waals surface area contributed by atoms with Crippen LogP contribution in [0.3, 0.4) is 0 Å². The molecule has 0 bridgehead atoms. The molecular formula is C21H21N5OS. The Kier molecular flexibility index (Phi) is 4.14. The van der Waals surface area contributed by atoms with Crippen LogP contribution in [0.5, 0.6) is 0 Å². The lowest BCUT2D eigenvalue weighted by Gasteiger charge is -2.33. The van der Waals surface area contributed by atoms with Gasteiger partial charge < -0.3 is 10.2 Å². The van der Waals surface area contributed by atoms with Gasteiger partial charge >= 0.3 is 0 Å². The minimum Gasteiger partial charge on any atom is -0.368 e. The second-order valence-electron chi connectivity index (χ2n) is 7.31. The molecule has 142 valence electrons. The molecule has 7 heteroatoms. The number of aryl methyl sites for hydroxylation is 1. The summed E-state index contributed by atoms with van der Waals surface area (Å²) in [5.74, 6) is 0. The first-order chi connectivity index (χ1) is 13.6. The Morgan fingerprint density at radius 3 is 2.93 bits per heavy atom. The van der Waals surface area contributed by atoms with Gasteiger partial charge in [-0.05, 0) is 38.1 Å². The van der Waals surface area contributed by atoms with Crippen LogP contribution in [0, 0.1) is 6.92 Å². The number of anilines is 1. The number of hydrogen-bond acceptors (Lipinski definition) is 6. The Bertz CT molecular complexity index is 1240. The SMILES string of the molecule is Cc1nc2ccc(-c3cc(=O)n4cc(N5CCN[C@@H](C)C5)ccc4n3)cc2s1. The van der Waals surface area contributed by atoms with Crippen LogP contribution in [0.4, 0.5) is 5.69 Å². The van der Waals surface area contributed by atoms with Crippen molar-refractivity contribution in [2.75, 3.05) is 24.5 Å². The maximum Gasteiger partial charge on any atom is 0.258 e. The molecule has 4 heterocycles. The number of fused-ring (bicyclic) bond motifs is 2. The molecule has 0 radical (unpaired) electrons. The van der Waals surface area contributed by atoms with Crippen LogP contribution in [0.15, 0.2) is 47.4 Å². The fourth-order valence-electron chi connectivity index (χ4n) is 3.79. The Hall–Kier alpha value is -2.77. The van der Waals surface area contributed by atoms with Crippen molar-refractivity contribution in [3.8, 4) is 11.3 Å². The Morgan fingerprint density at radius 1 is 1.18 bits per heavy atom. The van der Waals surface area contributed by atoms with E-state index in [-0.39, 0.29) is 5.56 Å². The van der Waals surface area contributed by atoms with Gasteiger partial charge in [0.1, 0.15) is 5.65 Å². The maximum atomic E-state index is 12.8. The minimum absolute atomic E-state index is 0.0642. The lowest BCUT2D eigenvalue weighted by atomic mass is 10.1. The van der Waals surface area contributed by atoms with Crippen LogP contribution in [-0.4, -0.2) is 40.0 Å². The number of benzene rings is 1. The van der Waals surface area contributed by atoms with E-state index in [1.54, 1.807) is 21.8 Å². The standard InChI is InChI=1S/C21H21N5OS/c1-13-11-25(8-7-22-13)16-4-6-20-24-18(10-21(27)26(20)12-16)15-3-5-17-19(9-15)28-14(2)23-17/h3-6,9-10,12-13,22H,7-8,11H2,1-2H3/t13-/m0/s1. The summed E-state index contributed by atoms with van der Waals surface area (Å²) in [4.78, 5) is 24.4. The Balaban J connectivity index is 1.56. The van der Waals surface area contributed by atoms with Crippen LogP contribution in [0.2, 0.25) is 0 Å². The average molecular weight is 392 g/mol. The molecule has 5 rings (SSSR count). The zero-order valence-corrected chi connectivity index (χ0v) is 16.7. The van der Waals surface area contributed by atoms with Crippen molar-refractivity contribution in [1.82, 2.24) is 19.7 Å². The van der Waals surface area contributed by atoms with E-state index in [0.29, 0.717) is 17.4 Å². The van der Waals surface area contributed by atoms with Gasteiger partial charge in [-0.25, -0.2) is 9.97 Å². The molecule has 1 aliphatic rings. The summed E-state index contributed by atoms with van der Waals surface area (Å²) < 4.78 is 2.75. The Labute approximate surface area is 166 Å². The summed E-state index contributed by atoms with van der Waals surface area (Å²) >= 11 is 1.65. The van der Waals surface area contributed by atoms with Gasteiger partial charge in [-0.15, -0.1) is 11.3 Å². The van der Waals surface area contributed by atoms with E-state index in [1.807, 2.05) is 31.3 Å². The smallest absolute Gasteiger partial charge is 0.258 e. The number of nitrogens with zero attached hydrogens (tertiary/aromatic N) is 4. The third-order valence-electron chi connectivity index (χ3n) is 5.17. The fraction of sp³-hybridized carbons (Fsp3) is 0.286. The molecule has 0 unspecified atom stereocenters. The molecule has 4 aromatic rings. The minimum atomic E-state index is -0.0642. The lowest BCUT2D eigenvalue weighted by Crippen LogP contribution is -2.49. The van der Waals surface area contributed by atoms with Crippen molar-refractivity contribution in [3.05, 3.63) is 58.0 Å². The van der Waals surface area contributed by atoms with Gasteiger partial charge in [0.15, 0.2) is 0 Å². The molecule has 1 atom stereocenters. The largest absolute Gasteiger partial charge is 0.368 e. The number of rotatable bonds is 2. The van der Waals surface area contributed by atoms with Crippen molar-refractivity contribution in [1.29, 1.82) is 0 Å². The summed E-state index contributed by atoms with van der Waals surface area (Å²) in [6.45, 7) is 6.99. The quantitative estimate of drug-likeness (QED) is 0.569. The zero-order chi connectivity index (χ0) is 19.3. The summed E-state index contributed by atoms with van der Waals surface area (Å²) in [6.07, 6.45) is 1.90. The van der Waals surface area contributed by atoms with E-state index in [1.165, 1.54) is 0 Å². The molecule has 0 amide bonds. The molecule has 6 nitrogen and oxygen atoms in total. The second kappa shape index (κ2) is 6.68. The van der Waals surface area contributed by atoms with Crippen LogP contribution < -0.4 is 15.8 Å². The first kappa shape index (κ1) is 17.3. The first-order valence-corrected chi connectivity index (χ1v) is 10.3. The molecule has 1 fully saturated rings. The van der Waals surface area contributed by atoms with Crippen molar-refractivity contribution in [2.45, 2.75) is 19.9 Å². The Morgan fingerprint density at radius 2 is 2.07 bits per heavy atom. The normalized spacial score (nSPS) is 17.5. The van der Waals surface area contributed by atoms with E-state index in [4.69, 9.17) is 4.98 Å². The number of piperazine rings is 1. The van der Waals surface area contributed by atoms with Gasteiger partial charge in [0.2, 0.25) is 0 Å². The summed E-state index contributed by atoms with van der Waals surface area (Å²) in [6, 6.07) is 12.1. The molecule has 1 aliphatic heterocycles. The first-order valence-electron chi connectivity index (χ1n) is 9.46. The molecule has 1 N–H and O–H groups in total. The number of hydrogen-bond donors (Lipinski definition) is 1. The summed E-state index contributed by atoms with van der Waals surface area (Å²) in [5, 5.41) is 4.48. The summed E-state index contributed by atoms with van der Waals surface area (Å²) in [5.41, 5.74) is 4.27. The highest BCUT2D eigenvalue weighted by molar-refractivity contribution is 7.18.